The van der Waals surface area contributed by atoms with Crippen molar-refractivity contribution in [3.05, 3.63) is 0 Å². The van der Waals surface area contributed by atoms with Crippen LogP contribution in [0.2, 0.25) is 18.1 Å². The van der Waals surface area contributed by atoms with Gasteiger partial charge in [0.15, 0.2) is 8.32 Å². The second-order valence-electron chi connectivity index (χ2n) is 5.02. The van der Waals surface area contributed by atoms with Crippen LogP contribution in [0, 0.1) is 0 Å². The van der Waals surface area contributed by atoms with Gasteiger partial charge in [0.2, 0.25) is 0 Å². The summed E-state index contributed by atoms with van der Waals surface area (Å²) < 4.78 is 18.0. The fraction of sp³-hybridized carbons (Fsp3) is 1.00. The van der Waals surface area contributed by atoms with Crippen molar-refractivity contribution >= 4 is 23.5 Å². The molecule has 17 heavy (non-hydrogen) atoms. The normalized spacial score (nSPS) is 12.5. The van der Waals surface area contributed by atoms with E-state index in [1.54, 1.807) is 0 Å². The van der Waals surface area contributed by atoms with Crippen LogP contribution in [0.4, 0.5) is 0 Å². The van der Waals surface area contributed by atoms with Crippen molar-refractivity contribution in [1.82, 2.24) is 0 Å². The number of hydrogen-bond acceptors (Lipinski definition) is 3. The van der Waals surface area contributed by atoms with E-state index >= 15 is 0 Å². The Kier molecular flexibility index (Phi) is 9.00. The summed E-state index contributed by atoms with van der Waals surface area (Å²) in [6.07, 6.45) is 0.366. The minimum atomic E-state index is -1.97. The van der Waals surface area contributed by atoms with Crippen molar-refractivity contribution in [2.45, 2.75) is 78.8 Å². The van der Waals surface area contributed by atoms with Crippen LogP contribution >= 0.6 is 0 Å². The summed E-state index contributed by atoms with van der Waals surface area (Å²) in [5, 5.41) is 0. The van der Waals surface area contributed by atoms with Gasteiger partial charge in [-0.05, 0) is 45.8 Å². The average Bonchev–Trinajstić information content (AvgIpc) is 2.24. The Morgan fingerprint density at radius 2 is 1.18 bits per heavy atom. The zero-order chi connectivity index (χ0) is 13.5. The molecule has 0 spiro atoms. The first-order chi connectivity index (χ1) is 7.89. The molecule has 3 nitrogen and oxygen atoms in total. The van der Waals surface area contributed by atoms with Gasteiger partial charge in [-0.25, -0.2) is 0 Å². The first-order valence-corrected chi connectivity index (χ1v) is 10.8. The third kappa shape index (κ3) is 6.95. The fourth-order valence-corrected chi connectivity index (χ4v) is 8.27. The lowest BCUT2D eigenvalue weighted by atomic mass is 10.5. The van der Waals surface area contributed by atoms with Gasteiger partial charge in [-0.2, -0.15) is 0 Å². The molecule has 0 aliphatic heterocycles. The molecular weight excluding hydrogens is 247 g/mol. The molecule has 102 valence electrons. The van der Waals surface area contributed by atoms with Crippen molar-refractivity contribution in [2.75, 3.05) is 0 Å². The van der Waals surface area contributed by atoms with Crippen molar-refractivity contribution in [1.29, 1.82) is 0 Å². The quantitative estimate of drug-likeness (QED) is 0.599. The summed E-state index contributed by atoms with van der Waals surface area (Å²) in [5.74, 6) is 0. The molecule has 0 aromatic rings. The lowest BCUT2D eigenvalue weighted by molar-refractivity contribution is 0.0822. The Bertz CT molecular complexity index is 178. The standard InChI is InChI=1S/C6H15OSi.2C3H7O.Al/c1-4-8(7,5-2)6-3;2*1-3(2)4;/h4-6H2,1-3H3;2*3H,1-2H3;/q3*-1;+3. The molecule has 0 atom stereocenters. The third-order valence-electron chi connectivity index (χ3n) is 3.05. The van der Waals surface area contributed by atoms with E-state index in [0.29, 0.717) is 0 Å². The second-order valence-corrected chi connectivity index (χ2v) is 11.6. The number of hydrogen-bond donors (Lipinski definition) is 0. The molecule has 0 radical (unpaired) electrons. The second kappa shape index (κ2) is 8.68. The predicted octanol–water partition coefficient (Wildman–Crippen LogP) is 3.84. The highest BCUT2D eigenvalue weighted by atomic mass is 28.4. The van der Waals surface area contributed by atoms with Gasteiger partial charge in [0.25, 0.3) is 0 Å². The molecule has 0 heterocycles. The Balaban J connectivity index is 4.57. The molecule has 0 aromatic carbocycles. The Morgan fingerprint density at radius 1 is 0.824 bits per heavy atom. The van der Waals surface area contributed by atoms with Crippen LogP contribution in [0.15, 0.2) is 0 Å². The van der Waals surface area contributed by atoms with Crippen LogP contribution in [0.3, 0.4) is 0 Å². The van der Waals surface area contributed by atoms with Crippen LogP contribution in [-0.2, 0) is 11.1 Å². The van der Waals surface area contributed by atoms with Crippen LogP contribution in [0.1, 0.15) is 48.5 Å². The first kappa shape index (κ1) is 17.6. The Labute approximate surface area is 113 Å². The maximum absolute atomic E-state index is 6.34. The average molecular weight is 276 g/mol. The predicted molar refractivity (Wildman–Crippen MR) is 76.5 cm³/mol. The number of rotatable bonds is 9. The minimum Gasteiger partial charge on any atom is -0.498 e. The fourth-order valence-electron chi connectivity index (χ4n) is 1.74. The summed E-state index contributed by atoms with van der Waals surface area (Å²) in [6, 6.07) is 3.44. The lowest BCUT2D eigenvalue weighted by Crippen LogP contribution is -2.46. The van der Waals surface area contributed by atoms with Crippen molar-refractivity contribution in [2.24, 2.45) is 0 Å². The molecule has 0 rings (SSSR count). The highest BCUT2D eigenvalue weighted by Gasteiger charge is 2.42. The molecule has 0 fully saturated rings. The molecule has 0 aromatic heterocycles. The maximum atomic E-state index is 6.34. The Morgan fingerprint density at radius 3 is 1.41 bits per heavy atom. The topological polar surface area (TPSA) is 27.7 Å². The molecule has 0 saturated heterocycles. The highest BCUT2D eigenvalue weighted by Crippen LogP contribution is 2.23. The van der Waals surface area contributed by atoms with E-state index in [1.165, 1.54) is 0 Å². The summed E-state index contributed by atoms with van der Waals surface area (Å²) in [4.78, 5) is 0. The summed E-state index contributed by atoms with van der Waals surface area (Å²) in [5.41, 5.74) is 0. The molecule has 0 unspecified atom stereocenters. The largest absolute Gasteiger partial charge is 0.894 e. The van der Waals surface area contributed by atoms with Gasteiger partial charge < -0.3 is 11.1 Å². The van der Waals surface area contributed by atoms with E-state index in [-0.39, 0.29) is 12.2 Å². The summed E-state index contributed by atoms with van der Waals surface area (Å²) in [7, 11) is -1.60. The first-order valence-electron chi connectivity index (χ1n) is 6.87. The molecule has 0 bridgehead atoms. The molecule has 0 aliphatic carbocycles. The smallest absolute Gasteiger partial charge is 0.498 e. The van der Waals surface area contributed by atoms with Crippen molar-refractivity contribution in [3.63, 3.8) is 0 Å². The van der Waals surface area contributed by atoms with E-state index < -0.39 is 23.5 Å². The summed E-state index contributed by atoms with van der Waals surface area (Å²) >= 11 is -1.97. The van der Waals surface area contributed by atoms with Gasteiger partial charge in [0, 0.05) is 12.2 Å². The van der Waals surface area contributed by atoms with E-state index in [4.69, 9.17) is 11.1 Å². The molecule has 0 amide bonds. The summed E-state index contributed by atoms with van der Waals surface area (Å²) in [6.45, 7) is 14.9. The van der Waals surface area contributed by atoms with Crippen LogP contribution in [0.5, 0.6) is 0 Å². The van der Waals surface area contributed by atoms with E-state index in [9.17, 15) is 0 Å². The van der Waals surface area contributed by atoms with Gasteiger partial charge in [-0.15, -0.1) is 0 Å². The minimum absolute atomic E-state index is 0.183. The zero-order valence-corrected chi connectivity index (χ0v) is 14.7. The molecule has 0 saturated carbocycles. The van der Waals surface area contributed by atoms with Crippen molar-refractivity contribution < 1.29 is 11.1 Å². The van der Waals surface area contributed by atoms with Crippen LogP contribution < -0.4 is 0 Å². The molecule has 0 aliphatic rings. The van der Waals surface area contributed by atoms with Crippen LogP contribution in [-0.4, -0.2) is 35.7 Å². The van der Waals surface area contributed by atoms with E-state index in [2.05, 4.69) is 20.8 Å². The highest BCUT2D eigenvalue weighted by molar-refractivity contribution is 6.78. The van der Waals surface area contributed by atoms with Gasteiger partial charge in [-0.1, -0.05) is 20.8 Å². The maximum Gasteiger partial charge on any atom is 0.894 e. The lowest BCUT2D eigenvalue weighted by Gasteiger charge is -2.32. The van der Waals surface area contributed by atoms with Gasteiger partial charge in [0.1, 0.15) is 0 Å². The third-order valence-corrected chi connectivity index (χ3v) is 11.2. The van der Waals surface area contributed by atoms with Crippen LogP contribution in [0.25, 0.3) is 0 Å². The molecule has 0 N–H and O–H groups in total. The molecule has 5 heteroatoms. The molecular formula is C12H29AlO3Si. The van der Waals surface area contributed by atoms with Gasteiger partial charge in [0.05, 0.1) is 0 Å². The van der Waals surface area contributed by atoms with Gasteiger partial charge >= 0.3 is 15.1 Å². The Hall–Kier alpha value is 0.629. The van der Waals surface area contributed by atoms with E-state index in [0.717, 1.165) is 18.1 Å². The SMILES string of the molecule is CC[Si](CC)(CC)[O][Al]([O]C(C)C)[O]C(C)C. The van der Waals surface area contributed by atoms with Gasteiger partial charge in [-0.3, -0.25) is 0 Å². The monoisotopic (exact) mass is 276 g/mol. The van der Waals surface area contributed by atoms with Crippen molar-refractivity contribution in [3.8, 4) is 0 Å². The van der Waals surface area contributed by atoms with E-state index in [1.807, 2.05) is 27.7 Å². The zero-order valence-electron chi connectivity index (χ0n) is 12.6.